The van der Waals surface area contributed by atoms with Crippen LogP contribution in [0.25, 0.3) is 0 Å². The molecule has 2 aliphatic rings. The van der Waals surface area contributed by atoms with Gasteiger partial charge in [-0.2, -0.15) is 0 Å². The molecule has 0 N–H and O–H groups in total. The first-order chi connectivity index (χ1) is 13.0. The van der Waals surface area contributed by atoms with E-state index < -0.39 is 0 Å². The van der Waals surface area contributed by atoms with E-state index >= 15 is 0 Å². The minimum absolute atomic E-state index is 0.0219. The Morgan fingerprint density at radius 1 is 1.19 bits per heavy atom. The fourth-order valence-electron chi connectivity index (χ4n) is 3.46. The van der Waals surface area contributed by atoms with Gasteiger partial charge in [0.15, 0.2) is 5.16 Å². The van der Waals surface area contributed by atoms with Crippen LogP contribution in [0.4, 0.5) is 5.95 Å². The van der Waals surface area contributed by atoms with Gasteiger partial charge in [0.05, 0.1) is 6.04 Å². The van der Waals surface area contributed by atoms with Crippen molar-refractivity contribution in [3.8, 4) is 0 Å². The van der Waals surface area contributed by atoms with Crippen molar-refractivity contribution < 1.29 is 4.79 Å². The molecule has 1 atom stereocenters. The van der Waals surface area contributed by atoms with Gasteiger partial charge in [-0.05, 0) is 19.9 Å². The Morgan fingerprint density at radius 3 is 2.59 bits per heavy atom. The number of nitrogens with zero attached hydrogens (tertiary/aromatic N) is 6. The molecule has 0 saturated carbocycles. The SMILES string of the molecule is Cc1nc2n(c(=O)c1C)C(CC(=O)N1CCN(c3ncccn3)CC1)CS2. The number of amides is 1. The van der Waals surface area contributed by atoms with Gasteiger partial charge in [-0.3, -0.25) is 14.2 Å². The zero-order valence-corrected chi connectivity index (χ0v) is 16.3. The van der Waals surface area contributed by atoms with E-state index in [0.717, 1.165) is 10.9 Å². The average Bonchev–Trinajstić information content (AvgIpc) is 3.09. The summed E-state index contributed by atoms with van der Waals surface area (Å²) in [7, 11) is 0. The van der Waals surface area contributed by atoms with Crippen LogP contribution in [0.15, 0.2) is 28.4 Å². The maximum atomic E-state index is 12.8. The van der Waals surface area contributed by atoms with Crippen LogP contribution in [-0.2, 0) is 4.79 Å². The molecule has 2 aliphatic heterocycles. The number of carbonyl (C=O) groups excluding carboxylic acids is 1. The average molecular weight is 386 g/mol. The van der Waals surface area contributed by atoms with Crippen molar-refractivity contribution in [3.05, 3.63) is 40.1 Å². The fourth-order valence-corrected chi connectivity index (χ4v) is 4.64. The molecule has 0 radical (unpaired) electrons. The van der Waals surface area contributed by atoms with Gasteiger partial charge < -0.3 is 9.80 Å². The normalized spacial score (nSPS) is 19.3. The number of hydrogen-bond acceptors (Lipinski definition) is 7. The second kappa shape index (κ2) is 7.30. The molecule has 4 rings (SSSR count). The van der Waals surface area contributed by atoms with Gasteiger partial charge in [-0.15, -0.1) is 0 Å². The standard InChI is InChI=1S/C18H22N6O2S/c1-12-13(2)21-18-24(16(12)26)14(11-27-18)10-15(25)22-6-8-23(9-7-22)17-19-4-3-5-20-17/h3-5,14H,6-11H2,1-2H3. The van der Waals surface area contributed by atoms with Crippen molar-refractivity contribution in [2.75, 3.05) is 36.8 Å². The molecular weight excluding hydrogens is 364 g/mol. The molecule has 0 aromatic carbocycles. The van der Waals surface area contributed by atoms with E-state index in [-0.39, 0.29) is 17.5 Å². The van der Waals surface area contributed by atoms with E-state index in [1.54, 1.807) is 41.7 Å². The van der Waals surface area contributed by atoms with Crippen LogP contribution in [-0.4, -0.2) is 62.3 Å². The lowest BCUT2D eigenvalue weighted by Crippen LogP contribution is -2.49. The Labute approximate surface area is 161 Å². The lowest BCUT2D eigenvalue weighted by atomic mass is 10.1. The van der Waals surface area contributed by atoms with Crippen molar-refractivity contribution in [2.45, 2.75) is 31.5 Å². The number of fused-ring (bicyclic) bond motifs is 1. The van der Waals surface area contributed by atoms with E-state index in [1.807, 2.05) is 11.8 Å². The van der Waals surface area contributed by atoms with Crippen LogP contribution in [0.1, 0.15) is 23.7 Å². The zero-order valence-electron chi connectivity index (χ0n) is 15.5. The summed E-state index contributed by atoms with van der Waals surface area (Å²) in [6.45, 7) is 6.36. The number of hydrogen-bond donors (Lipinski definition) is 0. The van der Waals surface area contributed by atoms with Gasteiger partial charge in [-0.1, -0.05) is 11.8 Å². The molecule has 142 valence electrons. The van der Waals surface area contributed by atoms with Gasteiger partial charge >= 0.3 is 0 Å². The van der Waals surface area contributed by atoms with Crippen molar-refractivity contribution >= 4 is 23.6 Å². The van der Waals surface area contributed by atoms with Crippen molar-refractivity contribution in [3.63, 3.8) is 0 Å². The maximum absolute atomic E-state index is 12.8. The van der Waals surface area contributed by atoms with E-state index in [9.17, 15) is 9.59 Å². The smallest absolute Gasteiger partial charge is 0.257 e. The number of piperazine rings is 1. The molecule has 9 heteroatoms. The molecule has 1 amide bonds. The van der Waals surface area contributed by atoms with Gasteiger partial charge in [0, 0.05) is 62.0 Å². The minimum Gasteiger partial charge on any atom is -0.339 e. The maximum Gasteiger partial charge on any atom is 0.257 e. The Bertz CT molecular complexity index is 908. The highest BCUT2D eigenvalue weighted by atomic mass is 32.2. The number of aromatic nitrogens is 4. The third-order valence-electron chi connectivity index (χ3n) is 5.20. The summed E-state index contributed by atoms with van der Waals surface area (Å²) in [4.78, 5) is 42.4. The highest BCUT2D eigenvalue weighted by molar-refractivity contribution is 7.99. The Morgan fingerprint density at radius 2 is 1.89 bits per heavy atom. The summed E-state index contributed by atoms with van der Waals surface area (Å²) >= 11 is 1.56. The molecular formula is C18H22N6O2S. The minimum atomic E-state index is -0.118. The summed E-state index contributed by atoms with van der Waals surface area (Å²) in [5.41, 5.74) is 1.41. The molecule has 0 bridgehead atoms. The molecule has 2 aromatic rings. The molecule has 0 aliphatic carbocycles. The number of rotatable bonds is 3. The van der Waals surface area contributed by atoms with Gasteiger partial charge in [0.25, 0.3) is 5.56 Å². The van der Waals surface area contributed by atoms with Gasteiger partial charge in [0.2, 0.25) is 11.9 Å². The molecule has 0 spiro atoms. The summed E-state index contributed by atoms with van der Waals surface area (Å²) < 4.78 is 1.71. The van der Waals surface area contributed by atoms with Crippen LogP contribution in [0, 0.1) is 13.8 Å². The monoisotopic (exact) mass is 386 g/mol. The fraction of sp³-hybridized carbons (Fsp3) is 0.500. The summed E-state index contributed by atoms with van der Waals surface area (Å²) in [5, 5.41) is 0.729. The topological polar surface area (TPSA) is 84.2 Å². The zero-order chi connectivity index (χ0) is 19.0. The molecule has 27 heavy (non-hydrogen) atoms. The van der Waals surface area contributed by atoms with Crippen molar-refractivity contribution in [2.24, 2.45) is 0 Å². The quantitative estimate of drug-likeness (QED) is 0.729. The second-order valence-electron chi connectivity index (χ2n) is 6.87. The lowest BCUT2D eigenvalue weighted by Gasteiger charge is -2.35. The van der Waals surface area contributed by atoms with Crippen LogP contribution in [0.3, 0.4) is 0 Å². The predicted octanol–water partition coefficient (Wildman–Crippen LogP) is 1.04. The highest BCUT2D eigenvalue weighted by Crippen LogP contribution is 2.33. The first-order valence-corrected chi connectivity index (χ1v) is 10.1. The third-order valence-corrected chi connectivity index (χ3v) is 6.30. The first-order valence-electron chi connectivity index (χ1n) is 9.07. The lowest BCUT2D eigenvalue weighted by molar-refractivity contribution is -0.132. The Hall–Kier alpha value is -2.42. The van der Waals surface area contributed by atoms with Crippen LogP contribution in [0.5, 0.6) is 0 Å². The number of carbonyl (C=O) groups is 1. The largest absolute Gasteiger partial charge is 0.339 e. The van der Waals surface area contributed by atoms with Crippen molar-refractivity contribution in [1.82, 2.24) is 24.4 Å². The summed E-state index contributed by atoms with van der Waals surface area (Å²) in [6, 6.07) is 1.67. The van der Waals surface area contributed by atoms with Gasteiger partial charge in [-0.25, -0.2) is 15.0 Å². The highest BCUT2D eigenvalue weighted by Gasteiger charge is 2.31. The molecule has 1 saturated heterocycles. The van der Waals surface area contributed by atoms with Crippen LogP contribution >= 0.6 is 11.8 Å². The summed E-state index contributed by atoms with van der Waals surface area (Å²) in [5.74, 6) is 1.51. The molecule has 1 fully saturated rings. The van der Waals surface area contributed by atoms with E-state index in [2.05, 4.69) is 19.9 Å². The molecule has 8 nitrogen and oxygen atoms in total. The predicted molar refractivity (Wildman–Crippen MR) is 103 cm³/mol. The van der Waals surface area contributed by atoms with Crippen LogP contribution < -0.4 is 10.5 Å². The molecule has 1 unspecified atom stereocenters. The first kappa shape index (κ1) is 18.0. The Kier molecular flexibility index (Phi) is 4.86. The van der Waals surface area contributed by atoms with Crippen LogP contribution in [0.2, 0.25) is 0 Å². The van der Waals surface area contributed by atoms with Gasteiger partial charge in [0.1, 0.15) is 0 Å². The van der Waals surface area contributed by atoms with E-state index in [4.69, 9.17) is 0 Å². The van der Waals surface area contributed by atoms with Crippen molar-refractivity contribution in [1.29, 1.82) is 0 Å². The Balaban J connectivity index is 1.41. The number of thioether (sulfide) groups is 1. The van der Waals surface area contributed by atoms with E-state index in [1.165, 1.54) is 0 Å². The van der Waals surface area contributed by atoms with E-state index in [0.29, 0.717) is 49.9 Å². The number of aryl methyl sites for hydroxylation is 1. The third kappa shape index (κ3) is 3.43. The summed E-state index contributed by atoms with van der Waals surface area (Å²) in [6.07, 6.45) is 3.79. The second-order valence-corrected chi connectivity index (χ2v) is 7.85. The molecule has 4 heterocycles. The molecule has 2 aromatic heterocycles. The number of anilines is 1.